The van der Waals surface area contributed by atoms with Crippen LogP contribution in [0.3, 0.4) is 0 Å². The fourth-order valence-corrected chi connectivity index (χ4v) is 2.70. The van der Waals surface area contributed by atoms with Gasteiger partial charge >= 0.3 is 0 Å². The quantitative estimate of drug-likeness (QED) is 0.653. The highest BCUT2D eigenvalue weighted by molar-refractivity contribution is 5.96. The summed E-state index contributed by atoms with van der Waals surface area (Å²) < 4.78 is 5.71. The van der Waals surface area contributed by atoms with Gasteiger partial charge in [-0.15, -0.1) is 0 Å². The van der Waals surface area contributed by atoms with E-state index in [1.54, 1.807) is 0 Å². The van der Waals surface area contributed by atoms with Crippen LogP contribution < -0.4 is 4.74 Å². The lowest BCUT2D eigenvalue weighted by Gasteiger charge is -2.06. The molecule has 2 aliphatic rings. The van der Waals surface area contributed by atoms with Gasteiger partial charge in [0.05, 0.1) is 6.61 Å². The Balaban J connectivity index is 1.90. The predicted octanol–water partition coefficient (Wildman–Crippen LogP) is 5.16. The summed E-state index contributed by atoms with van der Waals surface area (Å²) in [6.45, 7) is 0.785. The number of rotatable bonds is 0. The molecule has 1 aromatic rings. The van der Waals surface area contributed by atoms with Gasteiger partial charge in [-0.2, -0.15) is 0 Å². The maximum atomic E-state index is 12.0. The molecule has 2 heterocycles. The summed E-state index contributed by atoms with van der Waals surface area (Å²) in [7, 11) is 0. The topological polar surface area (TPSA) is 26.3 Å². The zero-order valence-electron chi connectivity index (χ0n) is 12.4. The smallest absolute Gasteiger partial charge is 0.162 e. The van der Waals surface area contributed by atoms with E-state index in [0.717, 1.165) is 30.8 Å². The van der Waals surface area contributed by atoms with Gasteiger partial charge in [0, 0.05) is 12.0 Å². The van der Waals surface area contributed by atoms with Gasteiger partial charge in [0.15, 0.2) is 5.78 Å². The molecule has 0 N–H and O–H groups in total. The first-order valence-corrected chi connectivity index (χ1v) is 8.12. The molecule has 2 aliphatic heterocycles. The second kappa shape index (κ2) is 8.78. The predicted molar refractivity (Wildman–Crippen MR) is 82.4 cm³/mol. The minimum absolute atomic E-state index is 0.265. The summed E-state index contributed by atoms with van der Waals surface area (Å²) in [5, 5.41) is 0. The third kappa shape index (κ3) is 5.36. The lowest BCUT2D eigenvalue weighted by Crippen LogP contribution is -2.00. The molecular weight excluding hydrogens is 248 g/mol. The van der Waals surface area contributed by atoms with Crippen LogP contribution in [0.25, 0.3) is 0 Å². The van der Waals surface area contributed by atoms with E-state index in [0.29, 0.717) is 6.42 Å². The van der Waals surface area contributed by atoms with Crippen LogP contribution in [0, 0.1) is 0 Å². The average Bonchev–Trinajstić information content (AvgIpc) is 2.48. The van der Waals surface area contributed by atoms with Crippen LogP contribution in [-0.4, -0.2) is 12.4 Å². The standard InChI is InChI=1S/C18H26O2/c19-18-10-8-6-4-2-1-3-5-7-9-15-20-17-13-11-16(18)12-14-17/h11-14H,1-10,15H2. The Kier molecular flexibility index (Phi) is 6.62. The van der Waals surface area contributed by atoms with Crippen LogP contribution >= 0.6 is 0 Å². The third-order valence-corrected chi connectivity index (χ3v) is 3.99. The van der Waals surface area contributed by atoms with E-state index in [9.17, 15) is 4.79 Å². The highest BCUT2D eigenvalue weighted by Gasteiger charge is 2.06. The maximum Gasteiger partial charge on any atom is 0.162 e. The Labute approximate surface area is 122 Å². The fraction of sp³-hybridized carbons (Fsp3) is 0.611. The monoisotopic (exact) mass is 274 g/mol. The molecule has 0 amide bonds. The number of hydrogen-bond donors (Lipinski definition) is 0. The minimum atomic E-state index is 0.265. The number of ether oxygens (including phenoxy) is 1. The van der Waals surface area contributed by atoms with Crippen LogP contribution in [0.4, 0.5) is 0 Å². The molecule has 2 nitrogen and oxygen atoms in total. The van der Waals surface area contributed by atoms with Gasteiger partial charge in [-0.1, -0.05) is 44.9 Å². The largest absolute Gasteiger partial charge is 0.494 e. The van der Waals surface area contributed by atoms with E-state index in [4.69, 9.17) is 4.74 Å². The molecule has 110 valence electrons. The van der Waals surface area contributed by atoms with Crippen molar-refractivity contribution in [3.63, 3.8) is 0 Å². The molecule has 0 aromatic heterocycles. The lowest BCUT2D eigenvalue weighted by atomic mass is 10.0. The number of hydrogen-bond acceptors (Lipinski definition) is 2. The highest BCUT2D eigenvalue weighted by atomic mass is 16.5. The third-order valence-electron chi connectivity index (χ3n) is 3.99. The van der Waals surface area contributed by atoms with Crippen LogP contribution in [-0.2, 0) is 0 Å². The first kappa shape index (κ1) is 15.1. The zero-order chi connectivity index (χ0) is 14.0. The molecule has 20 heavy (non-hydrogen) atoms. The Morgan fingerprint density at radius 2 is 1.25 bits per heavy atom. The van der Waals surface area contributed by atoms with Crippen LogP contribution in [0.5, 0.6) is 5.75 Å². The van der Waals surface area contributed by atoms with Gasteiger partial charge < -0.3 is 4.74 Å². The number of ketones is 1. The molecule has 0 fully saturated rings. The molecule has 0 atom stereocenters. The summed E-state index contributed by atoms with van der Waals surface area (Å²) in [5.41, 5.74) is 0.821. The second-order valence-corrected chi connectivity index (χ2v) is 5.73. The summed E-state index contributed by atoms with van der Waals surface area (Å²) >= 11 is 0. The van der Waals surface area contributed by atoms with E-state index in [2.05, 4.69) is 0 Å². The number of carbonyl (C=O) groups is 1. The summed E-state index contributed by atoms with van der Waals surface area (Å²) in [5.74, 6) is 1.15. The van der Waals surface area contributed by atoms with Gasteiger partial charge in [-0.25, -0.2) is 0 Å². The Morgan fingerprint density at radius 1 is 0.700 bits per heavy atom. The van der Waals surface area contributed by atoms with E-state index < -0.39 is 0 Å². The summed E-state index contributed by atoms with van der Waals surface area (Å²) in [6.07, 6.45) is 11.9. The summed E-state index contributed by atoms with van der Waals surface area (Å²) in [4.78, 5) is 12.0. The fourth-order valence-electron chi connectivity index (χ4n) is 2.70. The maximum absolute atomic E-state index is 12.0. The van der Waals surface area contributed by atoms with Crippen molar-refractivity contribution in [2.45, 2.75) is 64.2 Å². The van der Waals surface area contributed by atoms with Crippen LogP contribution in [0.1, 0.15) is 74.6 Å². The molecule has 1 aromatic carbocycles. The molecule has 0 saturated heterocycles. The van der Waals surface area contributed by atoms with E-state index in [-0.39, 0.29) is 5.78 Å². The van der Waals surface area contributed by atoms with Crippen molar-refractivity contribution in [3.8, 4) is 5.75 Å². The first-order valence-electron chi connectivity index (χ1n) is 8.12. The Morgan fingerprint density at radius 3 is 1.90 bits per heavy atom. The minimum Gasteiger partial charge on any atom is -0.494 e. The molecule has 3 rings (SSSR count). The van der Waals surface area contributed by atoms with Crippen molar-refractivity contribution < 1.29 is 9.53 Å². The molecule has 2 bridgehead atoms. The number of fused-ring (bicyclic) bond motifs is 14. The van der Waals surface area contributed by atoms with Crippen LogP contribution in [0.2, 0.25) is 0 Å². The van der Waals surface area contributed by atoms with Gasteiger partial charge in [0.25, 0.3) is 0 Å². The molecule has 0 saturated carbocycles. The average molecular weight is 274 g/mol. The van der Waals surface area contributed by atoms with E-state index in [1.165, 1.54) is 44.9 Å². The van der Waals surface area contributed by atoms with Gasteiger partial charge in [-0.3, -0.25) is 4.79 Å². The molecular formula is C18H26O2. The van der Waals surface area contributed by atoms with Crippen molar-refractivity contribution in [2.75, 3.05) is 6.61 Å². The zero-order valence-corrected chi connectivity index (χ0v) is 12.4. The number of Topliss-reactive ketones (excluding diaryl/α,β-unsaturated/α-hetero) is 1. The van der Waals surface area contributed by atoms with Crippen molar-refractivity contribution >= 4 is 5.78 Å². The Bertz CT molecular complexity index is 394. The molecule has 0 radical (unpaired) electrons. The molecule has 0 aliphatic carbocycles. The highest BCUT2D eigenvalue weighted by Crippen LogP contribution is 2.17. The van der Waals surface area contributed by atoms with Crippen LogP contribution in [0.15, 0.2) is 24.3 Å². The molecule has 0 unspecified atom stereocenters. The van der Waals surface area contributed by atoms with Crippen molar-refractivity contribution in [1.29, 1.82) is 0 Å². The lowest BCUT2D eigenvalue weighted by molar-refractivity contribution is 0.0979. The summed E-state index contributed by atoms with van der Waals surface area (Å²) in [6, 6.07) is 7.64. The Hall–Kier alpha value is -1.31. The SMILES string of the molecule is O=C1CCCCCCCCCCCOc2ccc1cc2. The molecule has 2 heteroatoms. The van der Waals surface area contributed by atoms with Crippen molar-refractivity contribution in [2.24, 2.45) is 0 Å². The van der Waals surface area contributed by atoms with E-state index >= 15 is 0 Å². The van der Waals surface area contributed by atoms with Crippen molar-refractivity contribution in [3.05, 3.63) is 29.8 Å². The van der Waals surface area contributed by atoms with E-state index in [1.807, 2.05) is 24.3 Å². The normalized spacial score (nSPS) is 19.3. The first-order chi connectivity index (χ1) is 9.86. The van der Waals surface area contributed by atoms with Crippen molar-refractivity contribution in [1.82, 2.24) is 0 Å². The van der Waals surface area contributed by atoms with Gasteiger partial charge in [0.2, 0.25) is 0 Å². The number of benzene rings is 1. The van der Waals surface area contributed by atoms with Gasteiger partial charge in [0.1, 0.15) is 5.75 Å². The molecule has 0 spiro atoms. The number of carbonyl (C=O) groups excluding carboxylic acids is 1. The second-order valence-electron chi connectivity index (χ2n) is 5.73. The van der Waals surface area contributed by atoms with Gasteiger partial charge in [-0.05, 0) is 37.1 Å².